The van der Waals surface area contributed by atoms with Gasteiger partial charge in [-0.3, -0.25) is 4.79 Å². The number of halogens is 1. The number of hydrogen-bond acceptors (Lipinski definition) is 8. The zero-order valence-electron chi connectivity index (χ0n) is 24.7. The molecule has 2 fully saturated rings. The number of aromatic nitrogens is 2. The Morgan fingerprint density at radius 1 is 1.12 bits per heavy atom. The van der Waals surface area contributed by atoms with Gasteiger partial charge in [0, 0.05) is 43.5 Å². The number of likely N-dealkylation sites (tertiary alicyclic amines) is 1. The van der Waals surface area contributed by atoms with Gasteiger partial charge in [-0.25, -0.2) is 4.39 Å². The Hall–Kier alpha value is -3.71. The molecule has 0 N–H and O–H groups in total. The number of likely N-dealkylation sites (N-methyl/N-ethyl adjacent to an activating group) is 1. The van der Waals surface area contributed by atoms with Crippen LogP contribution in [0.5, 0.6) is 6.01 Å². The molecule has 1 aliphatic carbocycles. The summed E-state index contributed by atoms with van der Waals surface area (Å²) < 4.78 is 20.1. The maximum Gasteiger partial charge on any atom is 0.318 e. The number of carbonyl (C=O) groups excluding carboxylic acids is 1. The van der Waals surface area contributed by atoms with Gasteiger partial charge in [0.15, 0.2) is 5.83 Å². The van der Waals surface area contributed by atoms with Gasteiger partial charge in [-0.2, -0.15) is 15.2 Å². The van der Waals surface area contributed by atoms with Gasteiger partial charge in [-0.15, -0.1) is 0 Å². The number of hydrogen-bond donors (Lipinski definition) is 0. The summed E-state index contributed by atoms with van der Waals surface area (Å²) in [4.78, 5) is 30.7. The Morgan fingerprint density at radius 3 is 2.74 bits per heavy atom. The summed E-state index contributed by atoms with van der Waals surface area (Å²) in [6.07, 6.45) is 5.41. The van der Waals surface area contributed by atoms with Crippen LogP contribution in [0.2, 0.25) is 0 Å². The molecule has 9 nitrogen and oxygen atoms in total. The minimum absolute atomic E-state index is 0.103. The molecule has 3 atom stereocenters. The van der Waals surface area contributed by atoms with Gasteiger partial charge < -0.3 is 24.3 Å². The second-order valence-electron chi connectivity index (χ2n) is 12.2. The van der Waals surface area contributed by atoms with E-state index in [1.54, 1.807) is 0 Å². The fourth-order valence-corrected chi connectivity index (χ4v) is 7.17. The highest BCUT2D eigenvalue weighted by molar-refractivity contribution is 5.91. The lowest BCUT2D eigenvalue weighted by Crippen LogP contribution is -2.55. The standard InChI is InChI=1S/C32H40FN7O2/c1-21-9-10-26-25(21)7-4-8-29(26)38-15-12-27-28(19-38)35-32(42-20-24-6-5-14-37(24)3)36-30(27)39-16-17-40(31(41)22(2)33)23(18-39)11-13-34/h4,7-8,21,23-24H,2,5-6,9-12,14-20H2,1,3H3/t21?,23-,24-/m0/s1. The number of piperazine rings is 1. The van der Waals surface area contributed by atoms with E-state index in [2.05, 4.69) is 59.5 Å². The van der Waals surface area contributed by atoms with Crippen LogP contribution in [-0.4, -0.2) is 84.1 Å². The van der Waals surface area contributed by atoms with E-state index in [1.165, 1.54) is 28.1 Å². The zero-order chi connectivity index (χ0) is 29.4. The Labute approximate surface area is 247 Å². The minimum Gasteiger partial charge on any atom is -0.462 e. The summed E-state index contributed by atoms with van der Waals surface area (Å²) in [5.41, 5.74) is 6.25. The lowest BCUT2D eigenvalue weighted by molar-refractivity contribution is -0.131. The molecule has 3 aliphatic heterocycles. The number of carbonyl (C=O) groups is 1. The summed E-state index contributed by atoms with van der Waals surface area (Å²) in [5.74, 6) is -0.360. The number of rotatable bonds is 7. The first kappa shape index (κ1) is 28.4. The highest BCUT2D eigenvalue weighted by Crippen LogP contribution is 2.40. The van der Waals surface area contributed by atoms with Crippen molar-refractivity contribution in [2.75, 3.05) is 56.2 Å². The van der Waals surface area contributed by atoms with Gasteiger partial charge in [-0.1, -0.05) is 25.6 Å². The van der Waals surface area contributed by atoms with Crippen molar-refractivity contribution in [3.63, 3.8) is 0 Å². The molecule has 10 heteroatoms. The largest absolute Gasteiger partial charge is 0.462 e. The van der Waals surface area contributed by atoms with Crippen LogP contribution in [0.15, 0.2) is 30.6 Å². The van der Waals surface area contributed by atoms with E-state index in [4.69, 9.17) is 14.7 Å². The third-order valence-corrected chi connectivity index (χ3v) is 9.59. The average molecular weight is 574 g/mol. The second-order valence-corrected chi connectivity index (χ2v) is 12.2. The maximum atomic E-state index is 13.8. The molecule has 1 unspecified atom stereocenters. The first-order chi connectivity index (χ1) is 20.3. The molecule has 0 bridgehead atoms. The van der Waals surface area contributed by atoms with Crippen LogP contribution in [0.1, 0.15) is 60.9 Å². The molecule has 1 aromatic heterocycles. The smallest absolute Gasteiger partial charge is 0.318 e. The highest BCUT2D eigenvalue weighted by Gasteiger charge is 2.35. The number of amides is 1. The van der Waals surface area contributed by atoms with Gasteiger partial charge in [0.25, 0.3) is 5.91 Å². The molecule has 2 saturated heterocycles. The quantitative estimate of drug-likeness (QED) is 0.460. The van der Waals surface area contributed by atoms with E-state index in [9.17, 15) is 14.4 Å². The van der Waals surface area contributed by atoms with Crippen molar-refractivity contribution in [2.45, 2.75) is 70.0 Å². The first-order valence-electron chi connectivity index (χ1n) is 15.2. The van der Waals surface area contributed by atoms with Crippen molar-refractivity contribution in [2.24, 2.45) is 0 Å². The molecular formula is C32H40FN7O2. The molecule has 1 aromatic carbocycles. The van der Waals surface area contributed by atoms with Crippen LogP contribution in [-0.2, 0) is 24.2 Å². The molecule has 6 rings (SSSR count). The normalized spacial score (nSPS) is 23.9. The van der Waals surface area contributed by atoms with Crippen molar-refractivity contribution < 1.29 is 13.9 Å². The third kappa shape index (κ3) is 5.42. The molecule has 4 heterocycles. The van der Waals surface area contributed by atoms with Crippen molar-refractivity contribution in [3.8, 4) is 12.1 Å². The van der Waals surface area contributed by atoms with Crippen molar-refractivity contribution in [1.29, 1.82) is 5.26 Å². The van der Waals surface area contributed by atoms with E-state index in [0.29, 0.717) is 44.2 Å². The van der Waals surface area contributed by atoms with E-state index in [1.807, 2.05) is 0 Å². The van der Waals surface area contributed by atoms with E-state index >= 15 is 0 Å². The fraction of sp³-hybridized carbons (Fsp3) is 0.562. The van der Waals surface area contributed by atoms with Crippen molar-refractivity contribution in [1.82, 2.24) is 19.8 Å². The van der Waals surface area contributed by atoms with Crippen molar-refractivity contribution in [3.05, 3.63) is 53.0 Å². The van der Waals surface area contributed by atoms with Crippen LogP contribution < -0.4 is 14.5 Å². The Morgan fingerprint density at radius 2 is 1.98 bits per heavy atom. The zero-order valence-corrected chi connectivity index (χ0v) is 24.7. The predicted octanol–water partition coefficient (Wildman–Crippen LogP) is 3.98. The van der Waals surface area contributed by atoms with Gasteiger partial charge in [-0.05, 0) is 68.8 Å². The lowest BCUT2D eigenvalue weighted by Gasteiger charge is -2.42. The number of fused-ring (bicyclic) bond motifs is 2. The summed E-state index contributed by atoms with van der Waals surface area (Å²) in [5, 5.41) is 9.49. The Balaban J connectivity index is 1.31. The summed E-state index contributed by atoms with van der Waals surface area (Å²) >= 11 is 0. The fourth-order valence-electron chi connectivity index (χ4n) is 7.17. The topological polar surface area (TPSA) is 88.8 Å². The molecular weight excluding hydrogens is 533 g/mol. The van der Waals surface area contributed by atoms with Gasteiger partial charge >= 0.3 is 6.01 Å². The maximum absolute atomic E-state index is 13.8. The SMILES string of the molecule is C=C(F)C(=O)N1CCN(c2nc(OC[C@@H]3CCCN3C)nc3c2CCN(c2cccc4c2CCC4C)C3)C[C@@H]1CC#N. The monoisotopic (exact) mass is 573 g/mol. The lowest BCUT2D eigenvalue weighted by atomic mass is 9.99. The molecule has 0 radical (unpaired) electrons. The molecule has 222 valence electrons. The van der Waals surface area contributed by atoms with Crippen molar-refractivity contribution >= 4 is 17.4 Å². The van der Waals surface area contributed by atoms with E-state index in [0.717, 1.165) is 55.8 Å². The van der Waals surface area contributed by atoms with Crippen LogP contribution in [0.3, 0.4) is 0 Å². The van der Waals surface area contributed by atoms with E-state index in [-0.39, 0.29) is 13.0 Å². The van der Waals surface area contributed by atoms with Crippen LogP contribution >= 0.6 is 0 Å². The van der Waals surface area contributed by atoms with Gasteiger partial charge in [0.05, 0.1) is 30.8 Å². The first-order valence-corrected chi connectivity index (χ1v) is 15.2. The molecule has 0 saturated carbocycles. The van der Waals surface area contributed by atoms with Crippen LogP contribution in [0.25, 0.3) is 0 Å². The third-order valence-electron chi connectivity index (χ3n) is 9.59. The Bertz CT molecular complexity index is 1410. The summed E-state index contributed by atoms with van der Waals surface area (Å²) in [6, 6.07) is 9.08. The number of anilines is 2. The number of benzene rings is 1. The number of nitrogens with zero attached hydrogens (tertiary/aromatic N) is 7. The number of ether oxygens (including phenoxy) is 1. The minimum atomic E-state index is -1.000. The van der Waals surface area contributed by atoms with Crippen LogP contribution in [0, 0.1) is 11.3 Å². The second kappa shape index (κ2) is 11.9. The van der Waals surface area contributed by atoms with Gasteiger partial charge in [0.1, 0.15) is 12.4 Å². The highest BCUT2D eigenvalue weighted by atomic mass is 19.1. The molecule has 42 heavy (non-hydrogen) atoms. The Kier molecular flexibility index (Phi) is 8.04. The van der Waals surface area contributed by atoms with Crippen LogP contribution in [0.4, 0.5) is 15.9 Å². The summed E-state index contributed by atoms with van der Waals surface area (Å²) in [7, 11) is 2.12. The molecule has 0 spiro atoms. The molecule has 1 amide bonds. The number of nitriles is 1. The van der Waals surface area contributed by atoms with E-state index < -0.39 is 17.8 Å². The summed E-state index contributed by atoms with van der Waals surface area (Å²) in [6.45, 7) is 9.75. The average Bonchev–Trinajstić information content (AvgIpc) is 3.59. The van der Waals surface area contributed by atoms with Gasteiger partial charge in [0.2, 0.25) is 0 Å². The molecule has 2 aromatic rings. The molecule has 4 aliphatic rings. The predicted molar refractivity (Wildman–Crippen MR) is 159 cm³/mol.